The maximum absolute atomic E-state index is 11.8. The Labute approximate surface area is 126 Å². The zero-order valence-corrected chi connectivity index (χ0v) is 12.7. The molecule has 0 saturated carbocycles. The molecule has 0 spiro atoms. The lowest BCUT2D eigenvalue weighted by atomic mass is 10.0. The van der Waals surface area contributed by atoms with Gasteiger partial charge in [-0.3, -0.25) is 9.59 Å². The number of Topliss-reactive ketones (excluding diaryl/α,β-unsaturated/α-hetero) is 2. The molecule has 2 aromatic carbocycles. The summed E-state index contributed by atoms with van der Waals surface area (Å²) in [5, 5.41) is 0. The monoisotopic (exact) mass is 286 g/mol. The maximum atomic E-state index is 11.8. The fourth-order valence-corrected chi connectivity index (χ4v) is 1.44. The predicted octanol–water partition coefficient (Wildman–Crippen LogP) is 3.09. The van der Waals surface area contributed by atoms with Crippen LogP contribution in [-0.4, -0.2) is 37.6 Å². The highest BCUT2D eigenvalue weighted by molar-refractivity contribution is 6.49. The number of benzene rings is 2. The van der Waals surface area contributed by atoms with Crippen molar-refractivity contribution in [2.24, 2.45) is 0 Å². The molecular weight excluding hydrogens is 264 g/mol. The van der Waals surface area contributed by atoms with Gasteiger partial charge in [-0.2, -0.15) is 0 Å². The van der Waals surface area contributed by atoms with E-state index in [1.54, 1.807) is 48.5 Å². The molecule has 0 aliphatic carbocycles. The molecule has 0 radical (unpaired) electrons. The number of hydrogen-bond acceptors (Lipinski definition) is 4. The van der Waals surface area contributed by atoms with Crippen molar-refractivity contribution in [3.05, 3.63) is 71.8 Å². The van der Waals surface area contributed by atoms with Crippen molar-refractivity contribution in [1.82, 2.24) is 11.1 Å². The first-order valence-corrected chi connectivity index (χ1v) is 6.32. The molecule has 0 aromatic heterocycles. The van der Waals surface area contributed by atoms with Crippen LogP contribution in [0, 0.1) is 0 Å². The minimum Gasteiger partial charge on any atom is -0.344 e. The highest BCUT2D eigenvalue weighted by atomic mass is 16.2. The number of nitrogens with zero attached hydrogens (tertiary/aromatic N) is 1. The minimum atomic E-state index is -0.466. The molecule has 0 bridgehead atoms. The Morgan fingerprint density at radius 1 is 0.667 bits per heavy atom. The third-order valence-electron chi connectivity index (χ3n) is 2.28. The summed E-state index contributed by atoms with van der Waals surface area (Å²) in [7, 11) is 6.00. The fraction of sp³-hybridized carbons (Fsp3) is 0.176. The molecular formula is C17H22N2O2. The lowest BCUT2D eigenvalue weighted by Gasteiger charge is -1.99. The van der Waals surface area contributed by atoms with Gasteiger partial charge in [0, 0.05) is 11.1 Å². The van der Waals surface area contributed by atoms with E-state index in [1.807, 2.05) is 38.2 Å². The molecule has 0 fully saturated rings. The maximum Gasteiger partial charge on any atom is 0.233 e. The Balaban J connectivity index is 0.000000715. The van der Waals surface area contributed by atoms with E-state index in [4.69, 9.17) is 0 Å². The number of rotatable bonds is 3. The van der Waals surface area contributed by atoms with Gasteiger partial charge in [0.05, 0.1) is 0 Å². The summed E-state index contributed by atoms with van der Waals surface area (Å²) in [6.45, 7) is 0. The van der Waals surface area contributed by atoms with Crippen LogP contribution in [0.15, 0.2) is 60.7 Å². The van der Waals surface area contributed by atoms with Crippen molar-refractivity contribution >= 4 is 11.6 Å². The van der Waals surface area contributed by atoms with Crippen molar-refractivity contribution in [2.45, 2.75) is 0 Å². The fourth-order valence-electron chi connectivity index (χ4n) is 1.44. The summed E-state index contributed by atoms with van der Waals surface area (Å²) in [5.41, 5.74) is 0.854. The lowest BCUT2D eigenvalue weighted by molar-refractivity contribution is 0.0817. The summed E-state index contributed by atoms with van der Waals surface area (Å²) in [5.74, 6) is -0.932. The molecule has 0 atom stereocenters. The van der Waals surface area contributed by atoms with Gasteiger partial charge in [0.25, 0.3) is 0 Å². The van der Waals surface area contributed by atoms with Crippen molar-refractivity contribution in [3.8, 4) is 0 Å². The quantitative estimate of drug-likeness (QED) is 0.695. The van der Waals surface area contributed by atoms with Gasteiger partial charge in [0.15, 0.2) is 0 Å². The Hall–Kier alpha value is -2.30. The van der Waals surface area contributed by atoms with Crippen molar-refractivity contribution in [2.75, 3.05) is 21.1 Å². The van der Waals surface area contributed by atoms with Crippen LogP contribution in [0.3, 0.4) is 0 Å². The SMILES string of the molecule is CN(C)C.N.O=C(C(=O)c1ccccc1)c1ccccc1. The number of carbonyl (C=O) groups excluding carboxylic acids is 2. The van der Waals surface area contributed by atoms with Gasteiger partial charge in [-0.15, -0.1) is 0 Å². The van der Waals surface area contributed by atoms with Crippen molar-refractivity contribution in [1.29, 1.82) is 0 Å². The molecule has 4 heteroatoms. The molecule has 2 aromatic rings. The van der Waals surface area contributed by atoms with E-state index >= 15 is 0 Å². The van der Waals surface area contributed by atoms with Gasteiger partial charge in [0.2, 0.25) is 11.6 Å². The van der Waals surface area contributed by atoms with E-state index in [-0.39, 0.29) is 6.15 Å². The first kappa shape index (κ1) is 18.7. The Kier molecular flexibility index (Phi) is 8.53. The summed E-state index contributed by atoms with van der Waals surface area (Å²) < 4.78 is 0. The van der Waals surface area contributed by atoms with Gasteiger partial charge >= 0.3 is 0 Å². The van der Waals surface area contributed by atoms with Gasteiger partial charge < -0.3 is 11.1 Å². The van der Waals surface area contributed by atoms with E-state index in [0.717, 1.165) is 0 Å². The summed E-state index contributed by atoms with van der Waals surface area (Å²) in [6, 6.07) is 17.2. The minimum absolute atomic E-state index is 0. The van der Waals surface area contributed by atoms with Crippen LogP contribution in [0.5, 0.6) is 0 Å². The molecule has 0 heterocycles. The van der Waals surface area contributed by atoms with Crippen molar-refractivity contribution in [3.63, 3.8) is 0 Å². The predicted molar refractivity (Wildman–Crippen MR) is 86.2 cm³/mol. The average molecular weight is 286 g/mol. The van der Waals surface area contributed by atoms with Crippen LogP contribution < -0.4 is 6.15 Å². The molecule has 0 unspecified atom stereocenters. The van der Waals surface area contributed by atoms with Crippen molar-refractivity contribution < 1.29 is 9.59 Å². The second kappa shape index (κ2) is 9.58. The molecule has 21 heavy (non-hydrogen) atoms. The third kappa shape index (κ3) is 6.61. The standard InChI is InChI=1S/C14H10O2.C3H9N.H3N/c15-13(11-7-3-1-4-8-11)14(16)12-9-5-2-6-10-12;1-4(2)3;/h1-10H;1-3H3;1H3. The highest BCUT2D eigenvalue weighted by Gasteiger charge is 2.16. The highest BCUT2D eigenvalue weighted by Crippen LogP contribution is 2.07. The normalized spacial score (nSPS) is 9.14. The van der Waals surface area contributed by atoms with Crippen LogP contribution in [0.4, 0.5) is 0 Å². The Morgan fingerprint density at radius 2 is 0.905 bits per heavy atom. The van der Waals surface area contributed by atoms with E-state index in [0.29, 0.717) is 11.1 Å². The number of ketones is 2. The van der Waals surface area contributed by atoms with E-state index < -0.39 is 11.6 Å². The molecule has 3 N–H and O–H groups in total. The molecule has 0 aliphatic rings. The molecule has 0 saturated heterocycles. The number of carbonyl (C=O) groups is 2. The zero-order valence-electron chi connectivity index (χ0n) is 12.7. The second-order valence-electron chi connectivity index (χ2n) is 4.73. The van der Waals surface area contributed by atoms with E-state index in [1.165, 1.54) is 0 Å². The zero-order chi connectivity index (χ0) is 15.0. The van der Waals surface area contributed by atoms with Crippen LogP contribution in [-0.2, 0) is 0 Å². The van der Waals surface area contributed by atoms with Gasteiger partial charge in [-0.1, -0.05) is 60.7 Å². The van der Waals surface area contributed by atoms with Crippen LogP contribution in [0.2, 0.25) is 0 Å². The summed E-state index contributed by atoms with van der Waals surface area (Å²) in [4.78, 5) is 25.6. The molecule has 112 valence electrons. The largest absolute Gasteiger partial charge is 0.344 e. The molecule has 2 rings (SSSR count). The summed E-state index contributed by atoms with van der Waals surface area (Å²) >= 11 is 0. The van der Waals surface area contributed by atoms with Crippen LogP contribution >= 0.6 is 0 Å². The van der Waals surface area contributed by atoms with Gasteiger partial charge in [0.1, 0.15) is 0 Å². The van der Waals surface area contributed by atoms with Crippen LogP contribution in [0.25, 0.3) is 0 Å². The Bertz CT molecular complexity index is 499. The first-order valence-electron chi connectivity index (χ1n) is 6.32. The Morgan fingerprint density at radius 3 is 1.14 bits per heavy atom. The van der Waals surface area contributed by atoms with Gasteiger partial charge in [-0.05, 0) is 21.1 Å². The molecule has 0 aliphatic heterocycles. The molecule has 4 nitrogen and oxygen atoms in total. The topological polar surface area (TPSA) is 72.4 Å². The lowest BCUT2D eigenvalue weighted by Crippen LogP contribution is -2.14. The van der Waals surface area contributed by atoms with Crippen LogP contribution in [0.1, 0.15) is 20.7 Å². The smallest absolute Gasteiger partial charge is 0.233 e. The first-order chi connectivity index (χ1) is 9.52. The van der Waals surface area contributed by atoms with Gasteiger partial charge in [-0.25, -0.2) is 0 Å². The second-order valence-corrected chi connectivity index (χ2v) is 4.73. The average Bonchev–Trinajstić information content (AvgIpc) is 2.47. The molecule has 0 amide bonds. The third-order valence-corrected chi connectivity index (χ3v) is 2.28. The van der Waals surface area contributed by atoms with E-state index in [2.05, 4.69) is 0 Å². The number of hydrogen-bond donors (Lipinski definition) is 1. The summed E-state index contributed by atoms with van der Waals surface area (Å²) in [6.07, 6.45) is 0. The van der Waals surface area contributed by atoms with E-state index in [9.17, 15) is 9.59 Å².